The molecular weight excluding hydrogens is 236 g/mol. The van der Waals surface area contributed by atoms with Crippen molar-refractivity contribution in [2.24, 2.45) is 0 Å². The highest BCUT2D eigenvalue weighted by molar-refractivity contribution is 5.48. The molecule has 0 amide bonds. The van der Waals surface area contributed by atoms with E-state index in [-0.39, 0.29) is 0 Å². The Labute approximate surface area is 117 Å². The number of aldehydes is 1. The molecule has 0 aromatic heterocycles. The number of rotatable bonds is 11. The molecule has 0 saturated heterocycles. The van der Waals surface area contributed by atoms with Crippen molar-refractivity contribution in [3.8, 4) is 5.75 Å². The zero-order chi connectivity index (χ0) is 13.8. The van der Waals surface area contributed by atoms with Gasteiger partial charge in [0.1, 0.15) is 12.0 Å². The van der Waals surface area contributed by atoms with Gasteiger partial charge in [0.25, 0.3) is 0 Å². The molecule has 0 fully saturated rings. The summed E-state index contributed by atoms with van der Waals surface area (Å²) in [6, 6.07) is 8.36. The van der Waals surface area contributed by atoms with Crippen LogP contribution in [0.5, 0.6) is 5.75 Å². The number of carbonyl (C=O) groups excluding carboxylic acids is 1. The predicted molar refractivity (Wildman–Crippen MR) is 79.7 cm³/mol. The molecule has 0 spiro atoms. The minimum atomic E-state index is 0.680. The van der Waals surface area contributed by atoms with E-state index in [1.165, 1.54) is 24.8 Å². The number of aryl methyl sites for hydroxylation is 1. The molecular formula is C17H26O2. The van der Waals surface area contributed by atoms with Crippen LogP contribution < -0.4 is 4.74 Å². The van der Waals surface area contributed by atoms with Gasteiger partial charge in [0.15, 0.2) is 0 Å². The lowest BCUT2D eigenvalue weighted by Gasteiger charge is -2.07. The van der Waals surface area contributed by atoms with E-state index in [2.05, 4.69) is 31.2 Å². The molecule has 1 aromatic rings. The van der Waals surface area contributed by atoms with Crippen molar-refractivity contribution in [1.29, 1.82) is 0 Å². The first-order valence-corrected chi connectivity index (χ1v) is 7.52. The van der Waals surface area contributed by atoms with E-state index in [0.717, 1.165) is 44.3 Å². The van der Waals surface area contributed by atoms with E-state index in [1.807, 2.05) is 0 Å². The third-order valence-corrected chi connectivity index (χ3v) is 3.23. The number of carbonyl (C=O) groups is 1. The highest BCUT2D eigenvalue weighted by Gasteiger charge is 1.96. The molecule has 0 aliphatic heterocycles. The van der Waals surface area contributed by atoms with Crippen LogP contribution in [0.25, 0.3) is 0 Å². The summed E-state index contributed by atoms with van der Waals surface area (Å²) in [5.74, 6) is 0.966. The maximum atomic E-state index is 10.2. The summed E-state index contributed by atoms with van der Waals surface area (Å²) in [7, 11) is 0. The van der Waals surface area contributed by atoms with Crippen molar-refractivity contribution >= 4 is 6.29 Å². The Morgan fingerprint density at radius 1 is 1.00 bits per heavy atom. The molecule has 0 aliphatic carbocycles. The Hall–Kier alpha value is -1.31. The van der Waals surface area contributed by atoms with Crippen molar-refractivity contribution in [1.82, 2.24) is 0 Å². The first-order chi connectivity index (χ1) is 9.36. The van der Waals surface area contributed by atoms with Crippen molar-refractivity contribution < 1.29 is 9.53 Å². The van der Waals surface area contributed by atoms with Gasteiger partial charge in [0.2, 0.25) is 0 Å². The molecule has 106 valence electrons. The molecule has 0 heterocycles. The van der Waals surface area contributed by atoms with Crippen LogP contribution in [0.1, 0.15) is 57.4 Å². The second-order valence-electron chi connectivity index (χ2n) is 4.97. The molecule has 0 N–H and O–H groups in total. The summed E-state index contributed by atoms with van der Waals surface area (Å²) in [5, 5.41) is 0. The second kappa shape index (κ2) is 10.6. The third kappa shape index (κ3) is 7.66. The van der Waals surface area contributed by atoms with Crippen molar-refractivity contribution in [2.45, 2.75) is 58.3 Å². The van der Waals surface area contributed by atoms with Gasteiger partial charge in [-0.15, -0.1) is 0 Å². The van der Waals surface area contributed by atoms with Gasteiger partial charge in [-0.05, 0) is 43.4 Å². The first-order valence-electron chi connectivity index (χ1n) is 7.52. The Morgan fingerprint density at radius 2 is 1.79 bits per heavy atom. The van der Waals surface area contributed by atoms with Crippen LogP contribution >= 0.6 is 0 Å². The maximum absolute atomic E-state index is 10.2. The predicted octanol–water partition coefficient (Wildman–Crippen LogP) is 4.56. The Morgan fingerprint density at radius 3 is 2.47 bits per heavy atom. The van der Waals surface area contributed by atoms with Crippen LogP contribution in [0.15, 0.2) is 24.3 Å². The average molecular weight is 262 g/mol. The van der Waals surface area contributed by atoms with E-state index in [0.29, 0.717) is 6.42 Å². The van der Waals surface area contributed by atoms with Crippen LogP contribution in [0, 0.1) is 0 Å². The van der Waals surface area contributed by atoms with E-state index in [4.69, 9.17) is 4.74 Å². The van der Waals surface area contributed by atoms with Crippen molar-refractivity contribution in [3.63, 3.8) is 0 Å². The van der Waals surface area contributed by atoms with Crippen molar-refractivity contribution in [2.75, 3.05) is 6.61 Å². The average Bonchev–Trinajstić information content (AvgIpc) is 2.45. The summed E-state index contributed by atoms with van der Waals surface area (Å²) in [6.45, 7) is 3.04. The standard InChI is InChI=1S/C17H26O2/c1-2-3-4-8-15-19-17-12-10-16(11-13-17)9-6-5-7-14-18/h10-14H,2-9,15H2,1H3. The van der Waals surface area contributed by atoms with Crippen molar-refractivity contribution in [3.05, 3.63) is 29.8 Å². The van der Waals surface area contributed by atoms with Crippen LogP contribution in [0.3, 0.4) is 0 Å². The van der Waals surface area contributed by atoms with Crippen LogP contribution in [0.2, 0.25) is 0 Å². The zero-order valence-electron chi connectivity index (χ0n) is 12.1. The van der Waals surface area contributed by atoms with E-state index >= 15 is 0 Å². The lowest BCUT2D eigenvalue weighted by Crippen LogP contribution is -1.97. The molecule has 0 radical (unpaired) electrons. The number of hydrogen-bond acceptors (Lipinski definition) is 2. The molecule has 19 heavy (non-hydrogen) atoms. The van der Waals surface area contributed by atoms with Crippen LogP contribution in [0.4, 0.5) is 0 Å². The summed E-state index contributed by atoms with van der Waals surface area (Å²) in [4.78, 5) is 10.2. The number of unbranched alkanes of at least 4 members (excludes halogenated alkanes) is 5. The van der Waals surface area contributed by atoms with E-state index in [9.17, 15) is 4.79 Å². The Kier molecular flexibility index (Phi) is 8.78. The highest BCUT2D eigenvalue weighted by atomic mass is 16.5. The van der Waals surface area contributed by atoms with Gasteiger partial charge in [-0.3, -0.25) is 0 Å². The topological polar surface area (TPSA) is 26.3 Å². The maximum Gasteiger partial charge on any atom is 0.119 e. The molecule has 1 rings (SSSR count). The SMILES string of the molecule is CCCCCCOc1ccc(CCCCC=O)cc1. The first kappa shape index (κ1) is 15.7. The Bertz CT molecular complexity index is 330. The zero-order valence-corrected chi connectivity index (χ0v) is 12.1. The molecule has 0 bridgehead atoms. The second-order valence-corrected chi connectivity index (χ2v) is 4.97. The van der Waals surface area contributed by atoms with Gasteiger partial charge in [-0.1, -0.05) is 38.3 Å². The highest BCUT2D eigenvalue weighted by Crippen LogP contribution is 2.14. The molecule has 0 atom stereocenters. The van der Waals surface area contributed by atoms with Gasteiger partial charge in [0, 0.05) is 6.42 Å². The normalized spacial score (nSPS) is 10.4. The number of hydrogen-bond donors (Lipinski definition) is 0. The fourth-order valence-electron chi connectivity index (χ4n) is 2.03. The van der Waals surface area contributed by atoms with E-state index < -0.39 is 0 Å². The fraction of sp³-hybridized carbons (Fsp3) is 0.588. The van der Waals surface area contributed by atoms with Gasteiger partial charge < -0.3 is 9.53 Å². The monoisotopic (exact) mass is 262 g/mol. The lowest BCUT2D eigenvalue weighted by atomic mass is 10.1. The van der Waals surface area contributed by atoms with E-state index in [1.54, 1.807) is 0 Å². The van der Waals surface area contributed by atoms with Gasteiger partial charge in [-0.2, -0.15) is 0 Å². The van der Waals surface area contributed by atoms with Gasteiger partial charge in [0.05, 0.1) is 6.61 Å². The third-order valence-electron chi connectivity index (χ3n) is 3.23. The minimum absolute atomic E-state index is 0.680. The molecule has 1 aromatic carbocycles. The number of ether oxygens (including phenoxy) is 1. The lowest BCUT2D eigenvalue weighted by molar-refractivity contribution is -0.107. The quantitative estimate of drug-likeness (QED) is 0.432. The summed E-state index contributed by atoms with van der Waals surface area (Å²) in [5.41, 5.74) is 1.32. The summed E-state index contributed by atoms with van der Waals surface area (Å²) >= 11 is 0. The largest absolute Gasteiger partial charge is 0.494 e. The van der Waals surface area contributed by atoms with Crippen LogP contribution in [-0.4, -0.2) is 12.9 Å². The Balaban J connectivity index is 2.17. The van der Waals surface area contributed by atoms with Crippen LogP contribution in [-0.2, 0) is 11.2 Å². The minimum Gasteiger partial charge on any atom is -0.494 e. The molecule has 2 heteroatoms. The summed E-state index contributed by atoms with van der Waals surface area (Å²) < 4.78 is 5.70. The number of benzene rings is 1. The van der Waals surface area contributed by atoms with Gasteiger partial charge >= 0.3 is 0 Å². The molecule has 0 aliphatic rings. The fourth-order valence-corrected chi connectivity index (χ4v) is 2.03. The summed E-state index contributed by atoms with van der Waals surface area (Å²) in [6.07, 6.45) is 9.74. The molecule has 0 unspecified atom stereocenters. The molecule has 0 saturated carbocycles. The molecule has 2 nitrogen and oxygen atoms in total. The smallest absolute Gasteiger partial charge is 0.119 e. The van der Waals surface area contributed by atoms with Gasteiger partial charge in [-0.25, -0.2) is 0 Å².